The molecule has 1 aliphatic heterocycles. The summed E-state index contributed by atoms with van der Waals surface area (Å²) < 4.78 is 27.9. The number of rotatable bonds is 16. The number of hydrogen-bond acceptors (Lipinski definition) is 14. The van der Waals surface area contributed by atoms with Gasteiger partial charge in [-0.05, 0) is 25.0 Å². The zero-order valence-electron chi connectivity index (χ0n) is 19.4. The molecule has 0 spiro atoms. The Morgan fingerprint density at radius 1 is 0.744 bits per heavy atom. The summed E-state index contributed by atoms with van der Waals surface area (Å²) >= 11 is 3.92. The number of ether oxygens (including phenoxy) is 3. The van der Waals surface area contributed by atoms with Crippen molar-refractivity contribution in [1.29, 1.82) is 5.26 Å². The summed E-state index contributed by atoms with van der Waals surface area (Å²) in [4.78, 5) is 54.0. The molecule has 1 atom stereocenters. The third-order valence-electron chi connectivity index (χ3n) is 3.95. The molecule has 1 fully saturated rings. The van der Waals surface area contributed by atoms with E-state index in [2.05, 4.69) is 30.6 Å². The highest BCUT2D eigenvalue weighted by Gasteiger charge is 2.30. The van der Waals surface area contributed by atoms with E-state index in [9.17, 15) is 0 Å². The highest BCUT2D eigenvalue weighted by molar-refractivity contribution is 7.80. The first-order chi connectivity index (χ1) is 15.4. The largest absolute Gasteiger partial charge is 0.495 e. The minimum Gasteiger partial charge on any atom is -0.428 e. The molecule has 1 heterocycles. The van der Waals surface area contributed by atoms with E-state index in [0.29, 0.717) is 44.3 Å². The van der Waals surface area contributed by atoms with Crippen LogP contribution in [0.2, 0.25) is 18.1 Å². The van der Waals surface area contributed by atoms with E-state index in [0.717, 1.165) is 6.61 Å². The normalized spacial score (nSPS) is 13.1. The van der Waals surface area contributed by atoms with E-state index < -0.39 is 26.4 Å². The van der Waals surface area contributed by atoms with Gasteiger partial charge in [0.05, 0.1) is 13.2 Å². The van der Waals surface area contributed by atoms with Crippen LogP contribution in [0, 0.1) is 11.5 Å². The van der Waals surface area contributed by atoms with Crippen LogP contribution < -0.4 is 0 Å². The lowest BCUT2D eigenvalue weighted by Gasteiger charge is -2.13. The minimum atomic E-state index is -3.42. The van der Waals surface area contributed by atoms with Crippen molar-refractivity contribution in [2.24, 2.45) is 0 Å². The molecule has 17 heteroatoms. The first kappa shape index (κ1) is 58.5. The third kappa shape index (κ3) is 45.1. The number of nitrogens with zero attached hydrogens (tertiary/aromatic N) is 1. The zero-order valence-corrected chi connectivity index (χ0v) is 23.3. The van der Waals surface area contributed by atoms with Crippen LogP contribution in [0.3, 0.4) is 0 Å². The molecule has 1 rings (SSSR count). The summed E-state index contributed by atoms with van der Waals surface area (Å²) in [6.45, 7) is 2.13. The van der Waals surface area contributed by atoms with Crippen LogP contribution in [0.25, 0.3) is 0 Å². The van der Waals surface area contributed by atoms with Gasteiger partial charge in [0.2, 0.25) is 0 Å². The SMILES string of the molecule is C.C.C.C.C.C.CO[Si](O)(O)CCCOC#N.CO[Si](O)(O)CCCOCC1CO1.CO[Si](O)(O)CCCS. The van der Waals surface area contributed by atoms with Crippen molar-refractivity contribution in [3.05, 3.63) is 0 Å². The Morgan fingerprint density at radius 3 is 1.41 bits per heavy atom. The molecule has 246 valence electrons. The number of hydrogen-bond donors (Lipinski definition) is 7. The van der Waals surface area contributed by atoms with Gasteiger partial charge >= 0.3 is 26.4 Å². The van der Waals surface area contributed by atoms with Gasteiger partial charge in [0.1, 0.15) is 12.7 Å². The Morgan fingerprint density at radius 2 is 1.10 bits per heavy atom. The van der Waals surface area contributed by atoms with Gasteiger partial charge in [0, 0.05) is 46.1 Å². The maximum atomic E-state index is 9.14. The summed E-state index contributed by atoms with van der Waals surface area (Å²) in [5.74, 6) is 0.666. The average molecular weight is 650 g/mol. The van der Waals surface area contributed by atoms with E-state index in [1.165, 1.54) is 27.6 Å². The molecular formula is C22H63NO12SSi3. The summed E-state index contributed by atoms with van der Waals surface area (Å²) in [5, 5.41) is 7.94. The van der Waals surface area contributed by atoms with Gasteiger partial charge < -0.3 is 56.3 Å². The summed E-state index contributed by atoms with van der Waals surface area (Å²) in [6.07, 6.45) is 3.47. The molecule has 0 bridgehead atoms. The fourth-order valence-electron chi connectivity index (χ4n) is 1.82. The molecule has 0 radical (unpaired) electrons. The summed E-state index contributed by atoms with van der Waals surface area (Å²) in [5.41, 5.74) is 0. The van der Waals surface area contributed by atoms with Crippen LogP contribution >= 0.6 is 12.6 Å². The Bertz CT molecular complexity index is 515. The molecule has 1 aliphatic rings. The summed E-state index contributed by atoms with van der Waals surface area (Å²) in [7, 11) is -6.15. The van der Waals surface area contributed by atoms with Gasteiger partial charge in [-0.25, -0.2) is 0 Å². The van der Waals surface area contributed by atoms with E-state index in [4.69, 9.17) is 43.5 Å². The van der Waals surface area contributed by atoms with E-state index in [1.54, 1.807) is 0 Å². The zero-order chi connectivity index (χ0) is 25.8. The third-order valence-corrected chi connectivity index (χ3v) is 9.24. The number of epoxide rings is 1. The van der Waals surface area contributed by atoms with Gasteiger partial charge in [-0.1, -0.05) is 44.6 Å². The summed E-state index contributed by atoms with van der Waals surface area (Å²) in [6, 6.07) is 0.785. The van der Waals surface area contributed by atoms with Gasteiger partial charge in [-0.2, -0.15) is 17.9 Å². The van der Waals surface area contributed by atoms with Crippen molar-refractivity contribution < 1.29 is 56.3 Å². The van der Waals surface area contributed by atoms with Crippen molar-refractivity contribution >= 4 is 39.0 Å². The molecule has 0 aliphatic carbocycles. The molecule has 0 saturated carbocycles. The average Bonchev–Trinajstić information content (AvgIpc) is 3.60. The van der Waals surface area contributed by atoms with Crippen LogP contribution in [0.5, 0.6) is 0 Å². The molecular weight excluding hydrogens is 587 g/mol. The quantitative estimate of drug-likeness (QED) is 0.0423. The van der Waals surface area contributed by atoms with Crippen LogP contribution in [0.15, 0.2) is 0 Å². The standard InChI is InChI=1S/C7H16O5Si.C5H11NO4Si.C4H12O3SSi.6CH4/c1-10-13(8,9)4-2-3-11-5-7-6-12-7;1-9-11(7,8)4-2-3-10-5-6;1-7-9(5,6)4-2-3-8;;;;;;/h7-9H,2-6H2,1H3;7-8H,2-4H2,1H3;5-6,8H,2-4H2,1H3;6*1H4. The monoisotopic (exact) mass is 649 g/mol. The van der Waals surface area contributed by atoms with E-state index >= 15 is 0 Å². The Hall–Kier alpha value is -0.149. The van der Waals surface area contributed by atoms with Crippen molar-refractivity contribution in [3.63, 3.8) is 0 Å². The van der Waals surface area contributed by atoms with Crippen molar-refractivity contribution in [2.75, 3.05) is 53.5 Å². The molecule has 0 aromatic rings. The Labute approximate surface area is 248 Å². The molecule has 1 saturated heterocycles. The lowest BCUT2D eigenvalue weighted by molar-refractivity contribution is 0.111. The molecule has 1 unspecified atom stereocenters. The van der Waals surface area contributed by atoms with Crippen molar-refractivity contribution in [3.8, 4) is 6.26 Å². The molecule has 39 heavy (non-hydrogen) atoms. The number of nitriles is 1. The Kier molecular flexibility index (Phi) is 51.1. The maximum Gasteiger partial charge on any atom is 0.495 e. The second kappa shape index (κ2) is 34.1. The fraction of sp³-hybridized carbons (Fsp3) is 0.955. The molecule has 0 aromatic carbocycles. The van der Waals surface area contributed by atoms with Crippen LogP contribution in [-0.4, -0.2) is 115 Å². The van der Waals surface area contributed by atoms with Gasteiger partial charge in [-0.15, -0.1) is 0 Å². The number of thiol groups is 1. The maximum absolute atomic E-state index is 9.14. The molecule has 13 nitrogen and oxygen atoms in total. The van der Waals surface area contributed by atoms with Crippen molar-refractivity contribution in [2.45, 2.75) is 88.1 Å². The smallest absolute Gasteiger partial charge is 0.428 e. The lowest BCUT2D eigenvalue weighted by Crippen LogP contribution is -2.37. The highest BCUT2D eigenvalue weighted by Crippen LogP contribution is 2.10. The minimum absolute atomic E-state index is 0. The van der Waals surface area contributed by atoms with Gasteiger partial charge in [-0.3, -0.25) is 0 Å². The second-order valence-corrected chi connectivity index (χ2v) is 14.5. The molecule has 6 N–H and O–H groups in total. The lowest BCUT2D eigenvalue weighted by atomic mass is 10.5. The molecule has 0 aromatic heterocycles. The van der Waals surface area contributed by atoms with E-state index in [-0.39, 0.29) is 69.4 Å². The second-order valence-electron chi connectivity index (χ2n) is 6.85. The first-order valence-corrected chi connectivity index (χ1v) is 16.9. The van der Waals surface area contributed by atoms with Crippen LogP contribution in [-0.2, 0) is 27.5 Å². The van der Waals surface area contributed by atoms with E-state index in [1.807, 2.05) is 0 Å². The van der Waals surface area contributed by atoms with Gasteiger partial charge in [0.15, 0.2) is 0 Å². The van der Waals surface area contributed by atoms with Crippen LogP contribution in [0.1, 0.15) is 63.8 Å². The topological polar surface area (TPSA) is 204 Å². The Balaban J connectivity index is -0.0000000581. The predicted octanol–water partition coefficient (Wildman–Crippen LogP) is 2.50. The highest BCUT2D eigenvalue weighted by atomic mass is 32.1. The predicted molar refractivity (Wildman–Crippen MR) is 166 cm³/mol. The molecule has 0 amide bonds. The fourth-order valence-corrected chi connectivity index (χ4v) is 4.73. The van der Waals surface area contributed by atoms with Crippen molar-refractivity contribution in [1.82, 2.24) is 0 Å². The van der Waals surface area contributed by atoms with Crippen LogP contribution in [0.4, 0.5) is 0 Å². The first-order valence-electron chi connectivity index (χ1n) is 10.2. The van der Waals surface area contributed by atoms with Gasteiger partial charge in [0.25, 0.3) is 6.26 Å².